The van der Waals surface area contributed by atoms with E-state index in [1.54, 1.807) is 0 Å². The zero-order valence-corrected chi connectivity index (χ0v) is 11.1. The summed E-state index contributed by atoms with van der Waals surface area (Å²) in [6.07, 6.45) is -3.84. The van der Waals surface area contributed by atoms with Crippen molar-refractivity contribution in [2.75, 3.05) is 0 Å². The number of carboxylic acid groups (broad SMARTS) is 1. The number of hydrogen-bond acceptors (Lipinski definition) is 4. The van der Waals surface area contributed by atoms with E-state index in [4.69, 9.17) is 5.11 Å². The van der Waals surface area contributed by atoms with E-state index in [0.717, 1.165) is 23.0 Å². The second kappa shape index (κ2) is 5.51. The second-order valence-corrected chi connectivity index (χ2v) is 4.23. The van der Waals surface area contributed by atoms with Crippen molar-refractivity contribution in [3.05, 3.63) is 52.2 Å². The minimum atomic E-state index is -4.87. The molecule has 0 atom stereocenters. The standard InChI is InChI=1S/C13H9F3N2O4/c1-7-10(12(20)21)11(19)18(6-17-7)8-3-2-4-9(5-8)22-13(14,15)16/h2-6H,1H3,(H,20,21). The average molecular weight is 314 g/mol. The van der Waals surface area contributed by atoms with Gasteiger partial charge in [0.15, 0.2) is 0 Å². The van der Waals surface area contributed by atoms with Crippen LogP contribution < -0.4 is 10.3 Å². The first kappa shape index (κ1) is 15.5. The highest BCUT2D eigenvalue weighted by atomic mass is 19.4. The maximum atomic E-state index is 12.2. The van der Waals surface area contributed by atoms with Crippen LogP contribution >= 0.6 is 0 Å². The van der Waals surface area contributed by atoms with Crippen molar-refractivity contribution in [3.8, 4) is 11.4 Å². The van der Waals surface area contributed by atoms with Crippen molar-refractivity contribution in [2.24, 2.45) is 0 Å². The Kier molecular flexibility index (Phi) is 3.89. The SMILES string of the molecule is Cc1ncn(-c2cccc(OC(F)(F)F)c2)c(=O)c1C(=O)O. The van der Waals surface area contributed by atoms with E-state index < -0.39 is 29.2 Å². The molecule has 116 valence electrons. The molecule has 22 heavy (non-hydrogen) atoms. The lowest BCUT2D eigenvalue weighted by Gasteiger charge is -2.11. The van der Waals surface area contributed by atoms with Gasteiger partial charge in [-0.1, -0.05) is 6.07 Å². The summed E-state index contributed by atoms with van der Waals surface area (Å²) in [6, 6.07) is 4.58. The molecule has 1 heterocycles. The zero-order chi connectivity index (χ0) is 16.5. The molecule has 1 N–H and O–H groups in total. The van der Waals surface area contributed by atoms with Crippen LogP contribution in [0, 0.1) is 6.92 Å². The van der Waals surface area contributed by atoms with Crippen molar-refractivity contribution in [1.82, 2.24) is 9.55 Å². The molecule has 0 aliphatic rings. The van der Waals surface area contributed by atoms with Gasteiger partial charge in [-0.05, 0) is 19.1 Å². The largest absolute Gasteiger partial charge is 0.573 e. The number of nitrogens with zero attached hydrogens (tertiary/aromatic N) is 2. The lowest BCUT2D eigenvalue weighted by molar-refractivity contribution is -0.274. The van der Waals surface area contributed by atoms with Crippen LogP contribution in [0.2, 0.25) is 0 Å². The number of aromatic nitrogens is 2. The molecule has 0 aliphatic carbocycles. The number of hydrogen-bond donors (Lipinski definition) is 1. The van der Waals surface area contributed by atoms with Crippen molar-refractivity contribution in [3.63, 3.8) is 0 Å². The molecular weight excluding hydrogens is 305 g/mol. The normalized spacial score (nSPS) is 11.3. The van der Waals surface area contributed by atoms with Crippen LogP contribution in [-0.2, 0) is 0 Å². The van der Waals surface area contributed by atoms with Crippen LogP contribution in [0.1, 0.15) is 16.1 Å². The molecule has 0 fully saturated rings. The summed E-state index contributed by atoms with van der Waals surface area (Å²) in [5, 5.41) is 9.00. The van der Waals surface area contributed by atoms with E-state index in [2.05, 4.69) is 9.72 Å². The van der Waals surface area contributed by atoms with Gasteiger partial charge in [-0.25, -0.2) is 9.78 Å². The Bertz CT molecular complexity index is 784. The smallest absolute Gasteiger partial charge is 0.477 e. The number of ether oxygens (including phenoxy) is 1. The molecule has 0 radical (unpaired) electrons. The summed E-state index contributed by atoms with van der Waals surface area (Å²) in [5.74, 6) is -2.00. The molecule has 9 heteroatoms. The first-order valence-corrected chi connectivity index (χ1v) is 5.87. The van der Waals surface area contributed by atoms with E-state index in [1.807, 2.05) is 0 Å². The van der Waals surface area contributed by atoms with Crippen molar-refractivity contribution >= 4 is 5.97 Å². The summed E-state index contributed by atoms with van der Waals surface area (Å²) < 4.78 is 41.2. The number of carboxylic acids is 1. The summed E-state index contributed by atoms with van der Waals surface area (Å²) >= 11 is 0. The maximum absolute atomic E-state index is 12.2. The summed E-state index contributed by atoms with van der Waals surface area (Å²) in [7, 11) is 0. The molecule has 6 nitrogen and oxygen atoms in total. The van der Waals surface area contributed by atoms with Crippen molar-refractivity contribution in [1.29, 1.82) is 0 Å². The van der Waals surface area contributed by atoms with Gasteiger partial charge in [0.25, 0.3) is 5.56 Å². The van der Waals surface area contributed by atoms with Crippen LogP contribution in [0.4, 0.5) is 13.2 Å². The number of carbonyl (C=O) groups is 1. The molecule has 0 aliphatic heterocycles. The predicted molar refractivity (Wildman–Crippen MR) is 68.2 cm³/mol. The molecule has 0 saturated heterocycles. The Morgan fingerprint density at radius 3 is 2.64 bits per heavy atom. The maximum Gasteiger partial charge on any atom is 0.573 e. The van der Waals surface area contributed by atoms with Crippen LogP contribution in [0.5, 0.6) is 5.75 Å². The van der Waals surface area contributed by atoms with E-state index >= 15 is 0 Å². The van der Waals surface area contributed by atoms with Gasteiger partial charge in [-0.2, -0.15) is 0 Å². The molecule has 2 aromatic rings. The Morgan fingerprint density at radius 1 is 1.36 bits per heavy atom. The third kappa shape index (κ3) is 3.25. The van der Waals surface area contributed by atoms with E-state index in [-0.39, 0.29) is 11.4 Å². The number of benzene rings is 1. The van der Waals surface area contributed by atoms with Crippen LogP contribution in [0.25, 0.3) is 5.69 Å². The highest BCUT2D eigenvalue weighted by Crippen LogP contribution is 2.24. The molecule has 0 bridgehead atoms. The van der Waals surface area contributed by atoms with Gasteiger partial charge in [0, 0.05) is 6.07 Å². The fraction of sp³-hybridized carbons (Fsp3) is 0.154. The minimum Gasteiger partial charge on any atom is -0.477 e. The Balaban J connectivity index is 2.54. The molecule has 0 amide bonds. The molecule has 2 rings (SSSR count). The lowest BCUT2D eigenvalue weighted by Crippen LogP contribution is -2.27. The van der Waals surface area contributed by atoms with Gasteiger partial charge in [0.2, 0.25) is 0 Å². The van der Waals surface area contributed by atoms with Crippen molar-refractivity contribution < 1.29 is 27.8 Å². The van der Waals surface area contributed by atoms with E-state index in [0.29, 0.717) is 0 Å². The molecule has 0 saturated carbocycles. The lowest BCUT2D eigenvalue weighted by atomic mass is 10.2. The highest BCUT2D eigenvalue weighted by Gasteiger charge is 2.31. The fourth-order valence-corrected chi connectivity index (χ4v) is 1.80. The summed E-state index contributed by atoms with van der Waals surface area (Å²) in [5.41, 5.74) is -1.44. The number of aryl methyl sites for hydroxylation is 1. The molecule has 1 aromatic heterocycles. The Hall–Kier alpha value is -2.84. The minimum absolute atomic E-state index is 0.00162. The number of rotatable bonds is 3. The molecular formula is C13H9F3N2O4. The Morgan fingerprint density at radius 2 is 2.05 bits per heavy atom. The summed E-state index contributed by atoms with van der Waals surface area (Å²) in [6.45, 7) is 1.35. The van der Waals surface area contributed by atoms with Gasteiger partial charge in [0.05, 0.1) is 11.4 Å². The average Bonchev–Trinajstić information content (AvgIpc) is 2.36. The number of alkyl halides is 3. The highest BCUT2D eigenvalue weighted by molar-refractivity contribution is 5.88. The fourth-order valence-electron chi connectivity index (χ4n) is 1.80. The zero-order valence-electron chi connectivity index (χ0n) is 11.1. The summed E-state index contributed by atoms with van der Waals surface area (Å²) in [4.78, 5) is 26.9. The van der Waals surface area contributed by atoms with Gasteiger partial charge >= 0.3 is 12.3 Å². The van der Waals surface area contributed by atoms with Crippen LogP contribution in [0.3, 0.4) is 0 Å². The number of halogens is 3. The topological polar surface area (TPSA) is 81.4 Å². The van der Waals surface area contributed by atoms with Gasteiger partial charge in [-0.3, -0.25) is 9.36 Å². The quantitative estimate of drug-likeness (QED) is 0.938. The van der Waals surface area contributed by atoms with Crippen LogP contribution in [-0.4, -0.2) is 27.0 Å². The van der Waals surface area contributed by atoms with Crippen LogP contribution in [0.15, 0.2) is 35.4 Å². The third-order valence-corrected chi connectivity index (χ3v) is 2.70. The van der Waals surface area contributed by atoms with Crippen molar-refractivity contribution in [2.45, 2.75) is 13.3 Å². The van der Waals surface area contributed by atoms with E-state index in [9.17, 15) is 22.8 Å². The first-order chi connectivity index (χ1) is 10.2. The second-order valence-electron chi connectivity index (χ2n) is 4.23. The van der Waals surface area contributed by atoms with Gasteiger partial charge in [-0.15, -0.1) is 13.2 Å². The molecule has 0 spiro atoms. The monoisotopic (exact) mass is 314 g/mol. The Labute approximate surface area is 121 Å². The van der Waals surface area contributed by atoms with E-state index in [1.165, 1.54) is 19.1 Å². The first-order valence-electron chi connectivity index (χ1n) is 5.87. The van der Waals surface area contributed by atoms with Gasteiger partial charge < -0.3 is 9.84 Å². The molecule has 1 aromatic carbocycles. The third-order valence-electron chi connectivity index (χ3n) is 2.70. The molecule has 0 unspecified atom stereocenters. The van der Waals surface area contributed by atoms with Gasteiger partial charge in [0.1, 0.15) is 17.6 Å². The number of aromatic carboxylic acids is 1. The predicted octanol–water partition coefficient (Wildman–Crippen LogP) is 2.14.